The molecular formula is C18H19NO5S. The lowest BCUT2D eigenvalue weighted by Crippen LogP contribution is -2.44. The van der Waals surface area contributed by atoms with Gasteiger partial charge < -0.3 is 4.74 Å². The molecule has 132 valence electrons. The zero-order valence-electron chi connectivity index (χ0n) is 13.9. The van der Waals surface area contributed by atoms with Gasteiger partial charge in [-0.3, -0.25) is 4.79 Å². The molecule has 0 unspecified atom stereocenters. The van der Waals surface area contributed by atoms with Crippen LogP contribution in [-0.2, 0) is 21.2 Å². The fraction of sp³-hybridized carbons (Fsp3) is 0.222. The Morgan fingerprint density at radius 2 is 1.64 bits per heavy atom. The topological polar surface area (TPSA) is 89.5 Å². The second kappa shape index (κ2) is 8.04. The number of Topliss-reactive ketones (excluding diaryl/α,β-unsaturated/α-hetero) is 1. The van der Waals surface area contributed by atoms with Crippen LogP contribution < -0.4 is 9.46 Å². The molecule has 0 radical (unpaired) electrons. The monoisotopic (exact) mass is 361 g/mol. The van der Waals surface area contributed by atoms with E-state index >= 15 is 0 Å². The van der Waals surface area contributed by atoms with Crippen molar-refractivity contribution in [2.24, 2.45) is 0 Å². The van der Waals surface area contributed by atoms with Gasteiger partial charge in [-0.1, -0.05) is 30.3 Å². The summed E-state index contributed by atoms with van der Waals surface area (Å²) in [5, 5.41) is 0. The van der Waals surface area contributed by atoms with E-state index in [0.717, 1.165) is 11.8 Å². The Morgan fingerprint density at radius 3 is 2.16 bits per heavy atom. The van der Waals surface area contributed by atoms with Gasteiger partial charge in [0.25, 0.3) is 0 Å². The number of hydrogen-bond donors (Lipinski definition) is 1. The van der Waals surface area contributed by atoms with Gasteiger partial charge in [0, 0.05) is 5.56 Å². The number of rotatable bonds is 7. The number of benzene rings is 2. The summed E-state index contributed by atoms with van der Waals surface area (Å²) in [5.41, 5.74) is 1.29. The highest BCUT2D eigenvalue weighted by Crippen LogP contribution is 2.14. The molecule has 0 aliphatic carbocycles. The second-order valence-corrected chi connectivity index (χ2v) is 7.41. The molecule has 1 atom stereocenters. The fourth-order valence-electron chi connectivity index (χ4n) is 2.23. The molecule has 25 heavy (non-hydrogen) atoms. The van der Waals surface area contributed by atoms with Crippen molar-refractivity contribution in [3.05, 3.63) is 65.7 Å². The van der Waals surface area contributed by atoms with E-state index in [4.69, 9.17) is 4.74 Å². The number of nitrogens with one attached hydrogen (secondary N) is 1. The van der Waals surface area contributed by atoms with Crippen molar-refractivity contribution < 1.29 is 22.7 Å². The summed E-state index contributed by atoms with van der Waals surface area (Å²) in [6.45, 7) is 1.44. The van der Waals surface area contributed by atoms with Gasteiger partial charge in [0.05, 0.1) is 6.26 Å². The molecule has 0 amide bonds. The van der Waals surface area contributed by atoms with E-state index in [2.05, 4.69) is 4.72 Å². The van der Waals surface area contributed by atoms with Crippen LogP contribution >= 0.6 is 0 Å². The van der Waals surface area contributed by atoms with E-state index in [-0.39, 0.29) is 18.0 Å². The highest BCUT2D eigenvalue weighted by atomic mass is 32.2. The van der Waals surface area contributed by atoms with E-state index in [0.29, 0.717) is 5.56 Å². The first kappa shape index (κ1) is 18.8. The molecule has 0 saturated carbocycles. The maximum absolute atomic E-state index is 12.4. The molecule has 0 saturated heterocycles. The van der Waals surface area contributed by atoms with Crippen LogP contribution in [0.2, 0.25) is 0 Å². The maximum atomic E-state index is 12.4. The SMILES string of the molecule is CC(=O)c1ccc(OC(=O)[C@H](Cc2ccccc2)NS(C)(=O)=O)cc1. The number of hydrogen-bond acceptors (Lipinski definition) is 5. The van der Waals surface area contributed by atoms with Crippen LogP contribution in [0.3, 0.4) is 0 Å². The molecule has 0 bridgehead atoms. The highest BCUT2D eigenvalue weighted by molar-refractivity contribution is 7.88. The normalized spacial score (nSPS) is 12.4. The van der Waals surface area contributed by atoms with Gasteiger partial charge in [-0.05, 0) is 43.2 Å². The number of carbonyl (C=O) groups excluding carboxylic acids is 2. The summed E-state index contributed by atoms with van der Waals surface area (Å²) in [6, 6.07) is 14.1. The molecule has 0 aromatic heterocycles. The van der Waals surface area contributed by atoms with Crippen molar-refractivity contribution in [2.75, 3.05) is 6.26 Å². The third-order valence-corrected chi connectivity index (χ3v) is 4.12. The lowest BCUT2D eigenvalue weighted by atomic mass is 10.1. The van der Waals surface area contributed by atoms with Crippen LogP contribution in [0.4, 0.5) is 0 Å². The molecule has 1 N–H and O–H groups in total. The summed E-state index contributed by atoms with van der Waals surface area (Å²) >= 11 is 0. The predicted octanol–water partition coefficient (Wildman–Crippen LogP) is 1.96. The van der Waals surface area contributed by atoms with Crippen LogP contribution in [0, 0.1) is 0 Å². The standard InChI is InChI=1S/C18H19NO5S/c1-13(20)15-8-10-16(11-9-15)24-18(21)17(19-25(2,22)23)12-14-6-4-3-5-7-14/h3-11,17,19H,12H2,1-2H3/t17-/m0/s1. The lowest BCUT2D eigenvalue weighted by molar-refractivity contribution is -0.136. The molecule has 0 heterocycles. The van der Waals surface area contributed by atoms with Crippen molar-refractivity contribution in [3.63, 3.8) is 0 Å². The minimum absolute atomic E-state index is 0.0985. The summed E-state index contributed by atoms with van der Waals surface area (Å²) in [6.07, 6.45) is 1.15. The quantitative estimate of drug-likeness (QED) is 0.462. The highest BCUT2D eigenvalue weighted by Gasteiger charge is 2.24. The van der Waals surface area contributed by atoms with Gasteiger partial charge >= 0.3 is 5.97 Å². The molecule has 0 aliphatic rings. The molecule has 2 aromatic carbocycles. The molecule has 6 nitrogen and oxygen atoms in total. The van der Waals surface area contributed by atoms with E-state index in [1.54, 1.807) is 36.4 Å². The first-order valence-electron chi connectivity index (χ1n) is 7.58. The van der Waals surface area contributed by atoms with Gasteiger partial charge in [0.1, 0.15) is 11.8 Å². The van der Waals surface area contributed by atoms with Gasteiger partial charge in [-0.25, -0.2) is 17.9 Å². The Balaban J connectivity index is 2.15. The first-order valence-corrected chi connectivity index (χ1v) is 9.47. The average molecular weight is 361 g/mol. The maximum Gasteiger partial charge on any atom is 0.329 e. The van der Waals surface area contributed by atoms with Crippen molar-refractivity contribution in [1.29, 1.82) is 0 Å². The minimum Gasteiger partial charge on any atom is -0.425 e. The van der Waals surface area contributed by atoms with Gasteiger partial charge in [-0.15, -0.1) is 0 Å². The Labute approximate surface area is 146 Å². The van der Waals surface area contributed by atoms with E-state index < -0.39 is 22.0 Å². The first-order chi connectivity index (χ1) is 11.7. The summed E-state index contributed by atoms with van der Waals surface area (Å²) in [7, 11) is -3.59. The van der Waals surface area contributed by atoms with Gasteiger partial charge in [-0.2, -0.15) is 0 Å². The molecule has 2 rings (SSSR count). The van der Waals surface area contributed by atoms with Crippen LogP contribution in [-0.4, -0.2) is 32.5 Å². The van der Waals surface area contributed by atoms with Crippen molar-refractivity contribution in [3.8, 4) is 5.75 Å². The van der Waals surface area contributed by atoms with Crippen molar-refractivity contribution in [1.82, 2.24) is 4.72 Å². The van der Waals surface area contributed by atoms with Gasteiger partial charge in [0.2, 0.25) is 10.0 Å². The average Bonchev–Trinajstić information content (AvgIpc) is 2.54. The number of ketones is 1. The summed E-state index contributed by atoms with van der Waals surface area (Å²) in [5.74, 6) is -0.577. The number of ether oxygens (including phenoxy) is 1. The van der Waals surface area contributed by atoms with E-state index in [9.17, 15) is 18.0 Å². The smallest absolute Gasteiger partial charge is 0.329 e. The van der Waals surface area contributed by atoms with E-state index in [1.807, 2.05) is 6.07 Å². The summed E-state index contributed by atoms with van der Waals surface area (Å²) < 4.78 is 30.7. The van der Waals surface area contributed by atoms with Crippen LogP contribution in [0.15, 0.2) is 54.6 Å². The van der Waals surface area contributed by atoms with E-state index in [1.165, 1.54) is 19.1 Å². The van der Waals surface area contributed by atoms with Crippen LogP contribution in [0.1, 0.15) is 22.8 Å². The van der Waals surface area contributed by atoms with Crippen LogP contribution in [0.25, 0.3) is 0 Å². The molecule has 0 fully saturated rings. The third kappa shape index (κ3) is 6.13. The largest absolute Gasteiger partial charge is 0.425 e. The Kier molecular flexibility index (Phi) is 6.06. The Morgan fingerprint density at radius 1 is 1.04 bits per heavy atom. The van der Waals surface area contributed by atoms with Crippen molar-refractivity contribution in [2.45, 2.75) is 19.4 Å². The zero-order chi connectivity index (χ0) is 18.4. The third-order valence-electron chi connectivity index (χ3n) is 3.40. The Hall–Kier alpha value is -2.51. The number of esters is 1. The lowest BCUT2D eigenvalue weighted by Gasteiger charge is -2.16. The van der Waals surface area contributed by atoms with Gasteiger partial charge in [0.15, 0.2) is 5.78 Å². The van der Waals surface area contributed by atoms with Crippen molar-refractivity contribution >= 4 is 21.8 Å². The molecule has 0 aliphatic heterocycles. The molecular weight excluding hydrogens is 342 g/mol. The number of carbonyl (C=O) groups is 2. The second-order valence-electron chi connectivity index (χ2n) is 5.63. The number of sulfonamides is 1. The zero-order valence-corrected chi connectivity index (χ0v) is 14.7. The van der Waals surface area contributed by atoms with Crippen LogP contribution in [0.5, 0.6) is 5.75 Å². The molecule has 7 heteroatoms. The fourth-order valence-corrected chi connectivity index (χ4v) is 2.92. The minimum atomic E-state index is -3.59. The molecule has 0 spiro atoms. The summed E-state index contributed by atoms with van der Waals surface area (Å²) in [4.78, 5) is 23.7. The Bertz CT molecular complexity index is 845. The molecule has 2 aromatic rings. The predicted molar refractivity (Wildman–Crippen MR) is 94.0 cm³/mol.